The molecule has 0 amide bonds. The SMILES string of the molecule is COc1cc(CN(C)CCc2c(C=O)cc(CN)cc2-c2ccc(F)cc2C)cc(OC)c1. The maximum absolute atomic E-state index is 13.7. The molecular formula is C27H31FN2O3. The molecule has 0 aliphatic heterocycles. The molecule has 0 saturated carbocycles. The maximum Gasteiger partial charge on any atom is 0.150 e. The number of hydrogen-bond donors (Lipinski definition) is 1. The van der Waals surface area contributed by atoms with Gasteiger partial charge in [0.15, 0.2) is 0 Å². The van der Waals surface area contributed by atoms with Crippen LogP contribution in [0.2, 0.25) is 0 Å². The highest BCUT2D eigenvalue weighted by atomic mass is 19.1. The van der Waals surface area contributed by atoms with Gasteiger partial charge in [-0.2, -0.15) is 0 Å². The lowest BCUT2D eigenvalue weighted by Gasteiger charge is -2.21. The number of rotatable bonds is 10. The summed E-state index contributed by atoms with van der Waals surface area (Å²) in [6.45, 7) is 3.61. The predicted molar refractivity (Wildman–Crippen MR) is 129 cm³/mol. The van der Waals surface area contributed by atoms with Crippen LogP contribution in [0.3, 0.4) is 0 Å². The van der Waals surface area contributed by atoms with Gasteiger partial charge in [0.05, 0.1) is 14.2 Å². The van der Waals surface area contributed by atoms with Gasteiger partial charge in [-0.25, -0.2) is 4.39 Å². The Labute approximate surface area is 194 Å². The molecule has 0 spiro atoms. The van der Waals surface area contributed by atoms with E-state index in [1.807, 2.05) is 44.3 Å². The number of nitrogens with zero attached hydrogens (tertiary/aromatic N) is 1. The van der Waals surface area contributed by atoms with Crippen molar-refractivity contribution in [3.63, 3.8) is 0 Å². The molecule has 0 radical (unpaired) electrons. The van der Waals surface area contributed by atoms with E-state index < -0.39 is 0 Å². The zero-order valence-electron chi connectivity index (χ0n) is 19.7. The van der Waals surface area contributed by atoms with Crippen LogP contribution in [0.5, 0.6) is 11.5 Å². The lowest BCUT2D eigenvalue weighted by atomic mass is 9.89. The van der Waals surface area contributed by atoms with Crippen molar-refractivity contribution in [3.05, 3.63) is 82.2 Å². The lowest BCUT2D eigenvalue weighted by Crippen LogP contribution is -2.21. The zero-order valence-corrected chi connectivity index (χ0v) is 19.7. The Balaban J connectivity index is 1.89. The highest BCUT2D eigenvalue weighted by molar-refractivity contribution is 5.84. The number of methoxy groups -OCH3 is 2. The van der Waals surface area contributed by atoms with Crippen LogP contribution in [0.15, 0.2) is 48.5 Å². The van der Waals surface area contributed by atoms with E-state index in [0.29, 0.717) is 25.1 Å². The Kier molecular flexibility index (Phi) is 8.20. The zero-order chi connectivity index (χ0) is 24.0. The number of carbonyl (C=O) groups excluding carboxylic acids is 1. The number of hydrogen-bond acceptors (Lipinski definition) is 5. The van der Waals surface area contributed by atoms with Crippen molar-refractivity contribution < 1.29 is 18.7 Å². The van der Waals surface area contributed by atoms with Crippen molar-refractivity contribution >= 4 is 6.29 Å². The molecule has 0 atom stereocenters. The van der Waals surface area contributed by atoms with Gasteiger partial charge in [-0.05, 0) is 90.2 Å². The van der Waals surface area contributed by atoms with Crippen molar-refractivity contribution in [2.45, 2.75) is 26.4 Å². The summed E-state index contributed by atoms with van der Waals surface area (Å²) in [4.78, 5) is 14.1. The first kappa shape index (κ1) is 24.4. The molecule has 174 valence electrons. The number of nitrogens with two attached hydrogens (primary N) is 1. The molecule has 0 saturated heterocycles. The molecule has 3 aromatic carbocycles. The number of halogens is 1. The van der Waals surface area contributed by atoms with Crippen molar-refractivity contribution in [3.8, 4) is 22.6 Å². The first-order valence-electron chi connectivity index (χ1n) is 10.9. The van der Waals surface area contributed by atoms with Crippen LogP contribution in [0, 0.1) is 12.7 Å². The van der Waals surface area contributed by atoms with Crippen LogP contribution in [-0.2, 0) is 19.5 Å². The van der Waals surface area contributed by atoms with Crippen LogP contribution in [0.4, 0.5) is 4.39 Å². The van der Waals surface area contributed by atoms with Gasteiger partial charge in [0.2, 0.25) is 0 Å². The van der Waals surface area contributed by atoms with Crippen molar-refractivity contribution in [1.82, 2.24) is 4.90 Å². The van der Waals surface area contributed by atoms with E-state index >= 15 is 0 Å². The number of aldehydes is 1. The van der Waals surface area contributed by atoms with Crippen LogP contribution in [0.25, 0.3) is 11.1 Å². The minimum absolute atomic E-state index is 0.281. The summed E-state index contributed by atoms with van der Waals surface area (Å²) in [7, 11) is 5.30. The van der Waals surface area contributed by atoms with Crippen molar-refractivity contribution in [2.24, 2.45) is 5.73 Å². The van der Waals surface area contributed by atoms with Gasteiger partial charge in [-0.15, -0.1) is 0 Å². The summed E-state index contributed by atoms with van der Waals surface area (Å²) in [5.41, 5.74) is 12.0. The van der Waals surface area contributed by atoms with Gasteiger partial charge in [0, 0.05) is 31.3 Å². The topological polar surface area (TPSA) is 64.8 Å². The summed E-state index contributed by atoms with van der Waals surface area (Å²) in [5, 5.41) is 0. The fraction of sp³-hybridized carbons (Fsp3) is 0.296. The van der Waals surface area contributed by atoms with E-state index in [9.17, 15) is 9.18 Å². The minimum Gasteiger partial charge on any atom is -0.497 e. The third kappa shape index (κ3) is 5.97. The fourth-order valence-electron chi connectivity index (χ4n) is 4.08. The van der Waals surface area contributed by atoms with E-state index in [-0.39, 0.29) is 5.82 Å². The highest BCUT2D eigenvalue weighted by Crippen LogP contribution is 2.31. The molecule has 0 heterocycles. The van der Waals surface area contributed by atoms with Crippen molar-refractivity contribution in [1.29, 1.82) is 0 Å². The Morgan fingerprint density at radius 1 is 0.970 bits per heavy atom. The summed E-state index contributed by atoms with van der Waals surface area (Å²) in [6, 6.07) is 14.4. The van der Waals surface area contributed by atoms with Crippen LogP contribution in [-0.4, -0.2) is 39.0 Å². The second-order valence-corrected chi connectivity index (χ2v) is 8.20. The standard InChI is InChI=1S/C27H31FN2O3/c1-18-9-22(28)5-6-25(18)27-13-19(15-29)10-21(17-31)26(27)7-8-30(2)16-20-11-23(32-3)14-24(12-20)33-4/h5-6,9-14,17H,7-8,15-16,29H2,1-4H3. The number of likely N-dealkylation sites (N-methyl/N-ethyl adjacent to an activating group) is 1. The average Bonchev–Trinajstić information content (AvgIpc) is 2.81. The van der Waals surface area contributed by atoms with Gasteiger partial charge in [-0.3, -0.25) is 4.79 Å². The van der Waals surface area contributed by atoms with E-state index in [4.69, 9.17) is 15.2 Å². The Hall–Kier alpha value is -3.22. The molecule has 6 heteroatoms. The molecular weight excluding hydrogens is 419 g/mol. The quantitative estimate of drug-likeness (QED) is 0.451. The number of carbonyl (C=O) groups is 1. The monoisotopic (exact) mass is 450 g/mol. The molecule has 0 fully saturated rings. The maximum atomic E-state index is 13.7. The Morgan fingerprint density at radius 2 is 1.67 bits per heavy atom. The van der Waals surface area contributed by atoms with E-state index in [1.165, 1.54) is 12.1 Å². The van der Waals surface area contributed by atoms with Crippen LogP contribution in [0.1, 0.15) is 32.6 Å². The smallest absolute Gasteiger partial charge is 0.150 e. The first-order chi connectivity index (χ1) is 15.9. The lowest BCUT2D eigenvalue weighted by molar-refractivity contribution is 0.112. The molecule has 5 nitrogen and oxygen atoms in total. The van der Waals surface area contributed by atoms with Gasteiger partial charge < -0.3 is 20.1 Å². The van der Waals surface area contributed by atoms with Gasteiger partial charge in [-0.1, -0.05) is 6.07 Å². The second kappa shape index (κ2) is 11.1. The molecule has 33 heavy (non-hydrogen) atoms. The highest BCUT2D eigenvalue weighted by Gasteiger charge is 2.15. The Bertz CT molecular complexity index is 1110. The first-order valence-corrected chi connectivity index (χ1v) is 10.9. The minimum atomic E-state index is -0.281. The molecule has 0 unspecified atom stereocenters. The molecule has 3 rings (SSSR count). The summed E-state index contributed by atoms with van der Waals surface area (Å²) >= 11 is 0. The van der Waals surface area contributed by atoms with Gasteiger partial charge in [0.1, 0.15) is 23.6 Å². The van der Waals surface area contributed by atoms with E-state index in [2.05, 4.69) is 4.90 Å². The third-order valence-electron chi connectivity index (χ3n) is 5.79. The number of aryl methyl sites for hydroxylation is 1. The molecule has 0 aliphatic carbocycles. The molecule has 0 aromatic heterocycles. The van der Waals surface area contributed by atoms with E-state index in [0.717, 1.165) is 57.7 Å². The van der Waals surface area contributed by atoms with Gasteiger partial charge in [0.25, 0.3) is 0 Å². The van der Waals surface area contributed by atoms with E-state index in [1.54, 1.807) is 20.3 Å². The summed E-state index contributed by atoms with van der Waals surface area (Å²) < 4.78 is 24.5. The predicted octanol–water partition coefficient (Wildman–Crippen LogP) is 4.76. The van der Waals surface area contributed by atoms with Crippen LogP contribution < -0.4 is 15.2 Å². The molecule has 3 aromatic rings. The number of benzene rings is 3. The molecule has 0 bridgehead atoms. The van der Waals surface area contributed by atoms with Gasteiger partial charge >= 0.3 is 0 Å². The Morgan fingerprint density at radius 3 is 2.24 bits per heavy atom. The number of ether oxygens (including phenoxy) is 2. The second-order valence-electron chi connectivity index (χ2n) is 8.20. The summed E-state index contributed by atoms with van der Waals surface area (Å²) in [6.07, 6.45) is 1.53. The largest absolute Gasteiger partial charge is 0.497 e. The molecule has 0 aliphatic rings. The third-order valence-corrected chi connectivity index (χ3v) is 5.79. The molecule has 2 N–H and O–H groups in total. The normalized spacial score (nSPS) is 11.0. The average molecular weight is 451 g/mol. The summed E-state index contributed by atoms with van der Waals surface area (Å²) in [5.74, 6) is 1.21. The fourth-order valence-corrected chi connectivity index (χ4v) is 4.08. The van der Waals surface area contributed by atoms with Crippen LogP contribution >= 0.6 is 0 Å². The van der Waals surface area contributed by atoms with Crippen molar-refractivity contribution in [2.75, 3.05) is 27.8 Å².